The van der Waals surface area contributed by atoms with Crippen molar-refractivity contribution in [2.75, 3.05) is 53.8 Å². The molecule has 2 aromatic heterocycles. The van der Waals surface area contributed by atoms with Gasteiger partial charge in [-0.05, 0) is 96.3 Å². The summed E-state index contributed by atoms with van der Waals surface area (Å²) in [5.74, 6) is 4.22. The van der Waals surface area contributed by atoms with Crippen molar-refractivity contribution in [1.82, 2.24) is 29.9 Å². The molecule has 364 valence electrons. The monoisotopic (exact) mass is 963 g/mol. The summed E-state index contributed by atoms with van der Waals surface area (Å²) >= 11 is 6.26. The van der Waals surface area contributed by atoms with Gasteiger partial charge >= 0.3 is 0 Å². The topological polar surface area (TPSA) is 202 Å². The molecule has 15 nitrogen and oxygen atoms in total. The van der Waals surface area contributed by atoms with Crippen LogP contribution in [0.3, 0.4) is 0 Å². The predicted octanol–water partition coefficient (Wildman–Crippen LogP) is 11.4. The fourth-order valence-corrected chi connectivity index (χ4v) is 8.77. The lowest BCUT2D eigenvalue weighted by Crippen LogP contribution is -2.13. The van der Waals surface area contributed by atoms with Crippen LogP contribution >= 0.6 is 11.6 Å². The first-order valence-corrected chi connectivity index (χ1v) is 24.6. The van der Waals surface area contributed by atoms with Crippen LogP contribution in [0.2, 0.25) is 5.28 Å². The van der Waals surface area contributed by atoms with Crippen LogP contribution in [0.15, 0.2) is 91.0 Å². The van der Waals surface area contributed by atoms with Gasteiger partial charge in [0.2, 0.25) is 35.0 Å². The summed E-state index contributed by atoms with van der Waals surface area (Å²) in [6.45, 7) is 12.6. The average molecular weight is 965 g/mol. The summed E-state index contributed by atoms with van der Waals surface area (Å²) in [6.07, 6.45) is 5.25. The summed E-state index contributed by atoms with van der Waals surface area (Å²) in [6, 6.07) is 31.1. The molecule has 0 radical (unpaired) electrons. The zero-order valence-corrected chi connectivity index (χ0v) is 41.3. The SMILES string of the molecule is CCCOc1c2cccc1Cc1cc(Nc3nc(N)nc(N[C@@H](C)c4ccccc4)n3)cc(c1OCCC)Cc1cccc(c1OCCC)Cc1cc(Nc3nc(N)nc(Cl)n3)cc(c1OCCC)C2. The van der Waals surface area contributed by atoms with Gasteiger partial charge in [-0.25, -0.2) is 0 Å². The molecule has 0 aliphatic heterocycles. The van der Waals surface area contributed by atoms with Crippen molar-refractivity contribution in [2.45, 2.75) is 92.0 Å². The van der Waals surface area contributed by atoms with Gasteiger partial charge in [0.15, 0.2) is 0 Å². The first-order valence-electron chi connectivity index (χ1n) is 24.2. The molecule has 7 N–H and O–H groups in total. The highest BCUT2D eigenvalue weighted by Gasteiger charge is 2.24. The molecule has 0 unspecified atom stereocenters. The average Bonchev–Trinajstić information content (AvgIpc) is 3.32. The standard InChI is InChI=1S/C54H62ClN11O4/c1-6-21-67-45-35-17-13-19-37(45)27-41-31-44(60-54-65-51(57)64-52(66-54)58-33(5)34-15-11-10-12-16-34)32-42(48(41)70-24-9-4)28-38-20-14-18-36(46(38)68-22-7-2)26-40-30-43(29-39(25-35)47(40)69-23-8-3)59-53-62-49(55)61-50(56)63-53/h10-20,29-33H,6-9,21-28H2,1-5H3,(H3,56,59,61,62,63)(H4,57,58,60,64,65,66)/t33-/m0/s1. The van der Waals surface area contributed by atoms with Crippen molar-refractivity contribution in [1.29, 1.82) is 0 Å². The smallest absolute Gasteiger partial charge is 0.233 e. The normalized spacial score (nSPS) is 12.4. The van der Waals surface area contributed by atoms with Crippen molar-refractivity contribution in [3.8, 4) is 23.0 Å². The van der Waals surface area contributed by atoms with E-state index < -0.39 is 0 Å². The van der Waals surface area contributed by atoms with Gasteiger partial charge in [0.05, 0.1) is 32.5 Å². The van der Waals surface area contributed by atoms with E-state index in [0.29, 0.717) is 64.0 Å². The number of para-hydroxylation sites is 2. The van der Waals surface area contributed by atoms with E-state index in [1.807, 2.05) is 18.2 Å². The van der Waals surface area contributed by atoms with E-state index in [2.05, 4.69) is 148 Å². The molecule has 16 heteroatoms. The maximum Gasteiger partial charge on any atom is 0.233 e. The van der Waals surface area contributed by atoms with E-state index in [1.54, 1.807) is 0 Å². The predicted molar refractivity (Wildman–Crippen MR) is 279 cm³/mol. The highest BCUT2D eigenvalue weighted by Crippen LogP contribution is 2.42. The zero-order chi connectivity index (χ0) is 49.0. The number of rotatable bonds is 19. The largest absolute Gasteiger partial charge is 0.493 e. The second-order valence-electron chi connectivity index (χ2n) is 17.3. The van der Waals surface area contributed by atoms with Crippen molar-refractivity contribution in [3.63, 3.8) is 0 Å². The summed E-state index contributed by atoms with van der Waals surface area (Å²) in [4.78, 5) is 26.4. The fourth-order valence-electron chi connectivity index (χ4n) is 8.60. The van der Waals surface area contributed by atoms with Gasteiger partial charge in [-0.2, -0.15) is 29.9 Å². The van der Waals surface area contributed by atoms with Crippen LogP contribution in [0.4, 0.5) is 41.1 Å². The number of nitrogens with zero attached hydrogens (tertiary/aromatic N) is 6. The van der Waals surface area contributed by atoms with Crippen molar-refractivity contribution < 1.29 is 18.9 Å². The summed E-state index contributed by atoms with van der Waals surface area (Å²) in [7, 11) is 0. The first-order chi connectivity index (χ1) is 34.1. The number of nitrogens with one attached hydrogen (secondary N) is 3. The Labute approximate surface area is 415 Å². The highest BCUT2D eigenvalue weighted by atomic mass is 35.5. The summed E-state index contributed by atoms with van der Waals surface area (Å²) < 4.78 is 27.1. The lowest BCUT2D eigenvalue weighted by atomic mass is 9.90. The van der Waals surface area contributed by atoms with E-state index in [4.69, 9.17) is 47.0 Å². The number of halogens is 1. The van der Waals surface area contributed by atoms with Crippen LogP contribution < -0.4 is 46.4 Å². The molecular formula is C54H62ClN11O4. The highest BCUT2D eigenvalue weighted by molar-refractivity contribution is 6.28. The minimum Gasteiger partial charge on any atom is -0.493 e. The van der Waals surface area contributed by atoms with Crippen LogP contribution in [0, 0.1) is 0 Å². The molecule has 0 spiro atoms. The van der Waals surface area contributed by atoms with Crippen LogP contribution in [-0.4, -0.2) is 56.3 Å². The Balaban J connectivity index is 1.31. The van der Waals surface area contributed by atoms with Crippen molar-refractivity contribution >= 4 is 52.7 Å². The van der Waals surface area contributed by atoms with Crippen LogP contribution in [0.5, 0.6) is 23.0 Å². The molecule has 7 aromatic rings. The number of benzene rings is 5. The molecule has 5 aromatic carbocycles. The molecule has 1 aliphatic carbocycles. The number of hydrogen-bond acceptors (Lipinski definition) is 15. The Hall–Kier alpha value is -7.39. The molecule has 70 heavy (non-hydrogen) atoms. The zero-order valence-electron chi connectivity index (χ0n) is 40.6. The Kier molecular flexibility index (Phi) is 16.3. The van der Waals surface area contributed by atoms with E-state index in [1.165, 1.54) is 0 Å². The molecule has 1 atom stereocenters. The maximum absolute atomic E-state index is 6.81. The van der Waals surface area contributed by atoms with Gasteiger partial charge in [0.1, 0.15) is 23.0 Å². The molecule has 0 fully saturated rings. The third kappa shape index (κ3) is 12.2. The number of fused-ring (bicyclic) bond motifs is 8. The van der Waals surface area contributed by atoms with E-state index in [0.717, 1.165) is 110 Å². The second kappa shape index (κ2) is 23.3. The van der Waals surface area contributed by atoms with E-state index in [-0.39, 0.29) is 29.2 Å². The molecule has 1 aliphatic rings. The van der Waals surface area contributed by atoms with Gasteiger partial charge < -0.3 is 46.4 Å². The molecule has 0 saturated heterocycles. The number of hydrogen-bond donors (Lipinski definition) is 5. The third-order valence-electron chi connectivity index (χ3n) is 11.6. The molecule has 8 rings (SSSR count). The molecule has 0 saturated carbocycles. The lowest BCUT2D eigenvalue weighted by molar-refractivity contribution is 0.304. The molecular weight excluding hydrogens is 902 g/mol. The quantitative estimate of drug-likeness (QED) is 0.0512. The van der Waals surface area contributed by atoms with E-state index in [9.17, 15) is 0 Å². The van der Waals surface area contributed by atoms with Crippen LogP contribution in [0.1, 0.15) is 116 Å². The Morgan fingerprint density at radius 3 is 1.24 bits per heavy atom. The Morgan fingerprint density at radius 1 is 0.471 bits per heavy atom. The van der Waals surface area contributed by atoms with Crippen molar-refractivity contribution in [3.05, 3.63) is 146 Å². The van der Waals surface area contributed by atoms with E-state index >= 15 is 0 Å². The minimum absolute atomic E-state index is 0.00845. The third-order valence-corrected chi connectivity index (χ3v) is 11.8. The number of nitrogens with two attached hydrogens (primary N) is 2. The number of anilines is 7. The fraction of sp³-hybridized carbons (Fsp3) is 0.333. The van der Waals surface area contributed by atoms with Crippen LogP contribution in [-0.2, 0) is 25.7 Å². The second-order valence-corrected chi connectivity index (χ2v) is 17.7. The van der Waals surface area contributed by atoms with Gasteiger partial charge in [-0.15, -0.1) is 0 Å². The lowest BCUT2D eigenvalue weighted by Gasteiger charge is -2.24. The summed E-state index contributed by atoms with van der Waals surface area (Å²) in [5.41, 5.74) is 22.8. The number of nitrogen functional groups attached to an aromatic ring is 2. The van der Waals surface area contributed by atoms with Crippen molar-refractivity contribution in [2.24, 2.45) is 0 Å². The Morgan fingerprint density at radius 2 is 0.843 bits per heavy atom. The number of ether oxygens (including phenoxy) is 4. The first kappa shape index (κ1) is 49.0. The van der Waals surface area contributed by atoms with Gasteiger partial charge in [-0.1, -0.05) is 94.4 Å². The van der Waals surface area contributed by atoms with Crippen LogP contribution in [0.25, 0.3) is 0 Å². The maximum atomic E-state index is 6.81. The van der Waals surface area contributed by atoms with Gasteiger partial charge in [-0.3, -0.25) is 0 Å². The minimum atomic E-state index is -0.0809. The Bertz CT molecular complexity index is 2780. The van der Waals surface area contributed by atoms with Gasteiger partial charge in [0.25, 0.3) is 0 Å². The molecule has 2 heterocycles. The summed E-state index contributed by atoms with van der Waals surface area (Å²) in [5, 5.41) is 10.3. The van der Waals surface area contributed by atoms with Gasteiger partial charge in [0, 0.05) is 59.3 Å². The number of aromatic nitrogens is 6. The molecule has 8 bridgehead atoms. The molecule has 0 amide bonds.